The molecule has 3 N–H and O–H groups in total. The first-order chi connectivity index (χ1) is 9.44. The molecule has 1 aromatic rings. The average Bonchev–Trinajstić information content (AvgIpc) is 2.67. The highest BCUT2D eigenvalue weighted by molar-refractivity contribution is 5.74. The van der Waals surface area contributed by atoms with Crippen LogP contribution < -0.4 is 10.6 Å². The SMILES string of the molecule is CCC(CO)NC(=O)NC(CC)c1c(C)nn(C)c1C. The maximum Gasteiger partial charge on any atom is 0.315 e. The van der Waals surface area contributed by atoms with Crippen LogP contribution in [0, 0.1) is 13.8 Å². The molecule has 0 saturated carbocycles. The molecule has 0 bridgehead atoms. The number of nitrogens with zero attached hydrogens (tertiary/aromatic N) is 2. The zero-order valence-corrected chi connectivity index (χ0v) is 13.0. The van der Waals surface area contributed by atoms with Crippen LogP contribution in [0.1, 0.15) is 49.7 Å². The van der Waals surface area contributed by atoms with Gasteiger partial charge in [-0.15, -0.1) is 0 Å². The Labute approximate surface area is 120 Å². The number of carbonyl (C=O) groups excluding carboxylic acids is 1. The minimum atomic E-state index is -0.250. The highest BCUT2D eigenvalue weighted by atomic mass is 16.3. The molecule has 0 radical (unpaired) electrons. The lowest BCUT2D eigenvalue weighted by Crippen LogP contribution is -2.44. The summed E-state index contributed by atoms with van der Waals surface area (Å²) in [6.45, 7) is 7.85. The Morgan fingerprint density at radius 1 is 1.30 bits per heavy atom. The van der Waals surface area contributed by atoms with Gasteiger partial charge in [0.25, 0.3) is 0 Å². The van der Waals surface area contributed by atoms with E-state index in [9.17, 15) is 4.79 Å². The lowest BCUT2D eigenvalue weighted by molar-refractivity contribution is 0.211. The second-order valence-electron chi connectivity index (χ2n) is 5.07. The monoisotopic (exact) mass is 282 g/mol. The van der Waals surface area contributed by atoms with E-state index >= 15 is 0 Å². The highest BCUT2D eigenvalue weighted by Crippen LogP contribution is 2.23. The number of nitrogens with one attached hydrogen (secondary N) is 2. The number of aromatic nitrogens is 2. The summed E-state index contributed by atoms with van der Waals surface area (Å²) in [7, 11) is 1.90. The predicted octanol–water partition coefficient (Wildman–Crippen LogP) is 1.56. The van der Waals surface area contributed by atoms with Crippen molar-refractivity contribution in [1.29, 1.82) is 0 Å². The summed E-state index contributed by atoms with van der Waals surface area (Å²) >= 11 is 0. The van der Waals surface area contributed by atoms with Crippen molar-refractivity contribution in [2.45, 2.75) is 52.6 Å². The van der Waals surface area contributed by atoms with Crippen molar-refractivity contribution in [3.8, 4) is 0 Å². The molecule has 0 aliphatic heterocycles. The van der Waals surface area contributed by atoms with E-state index in [1.54, 1.807) is 0 Å². The number of aryl methyl sites for hydroxylation is 2. The maximum atomic E-state index is 12.0. The van der Waals surface area contributed by atoms with Crippen LogP contribution in [0.2, 0.25) is 0 Å². The van der Waals surface area contributed by atoms with E-state index in [-0.39, 0.29) is 24.7 Å². The largest absolute Gasteiger partial charge is 0.394 e. The summed E-state index contributed by atoms with van der Waals surface area (Å²) in [6.07, 6.45) is 1.49. The highest BCUT2D eigenvalue weighted by Gasteiger charge is 2.21. The van der Waals surface area contributed by atoms with Crippen LogP contribution in [-0.2, 0) is 7.05 Å². The van der Waals surface area contributed by atoms with Crippen molar-refractivity contribution in [2.75, 3.05) is 6.61 Å². The first-order valence-electron chi connectivity index (χ1n) is 7.12. The number of urea groups is 1. The van der Waals surface area contributed by atoms with Crippen molar-refractivity contribution >= 4 is 6.03 Å². The summed E-state index contributed by atoms with van der Waals surface area (Å²) in [5.41, 5.74) is 3.07. The molecule has 0 fully saturated rings. The van der Waals surface area contributed by atoms with Gasteiger partial charge in [0.05, 0.1) is 24.4 Å². The summed E-state index contributed by atoms with van der Waals surface area (Å²) in [4.78, 5) is 12.0. The van der Waals surface area contributed by atoms with Gasteiger partial charge in [0, 0.05) is 18.3 Å². The van der Waals surface area contributed by atoms with Crippen LogP contribution in [0.4, 0.5) is 4.79 Å². The van der Waals surface area contributed by atoms with Crippen LogP contribution in [0.3, 0.4) is 0 Å². The van der Waals surface area contributed by atoms with E-state index in [0.717, 1.165) is 23.4 Å². The lowest BCUT2D eigenvalue weighted by atomic mass is 10.0. The Morgan fingerprint density at radius 2 is 1.95 bits per heavy atom. The molecule has 0 aliphatic rings. The van der Waals surface area contributed by atoms with Crippen LogP contribution in [0.15, 0.2) is 0 Å². The first kappa shape index (κ1) is 16.5. The number of aliphatic hydroxyl groups excluding tert-OH is 1. The van der Waals surface area contributed by atoms with E-state index < -0.39 is 0 Å². The van der Waals surface area contributed by atoms with Crippen LogP contribution >= 0.6 is 0 Å². The molecule has 0 saturated heterocycles. The average molecular weight is 282 g/mol. The molecule has 0 spiro atoms. The smallest absolute Gasteiger partial charge is 0.315 e. The number of rotatable bonds is 6. The third-order valence-corrected chi connectivity index (χ3v) is 3.68. The van der Waals surface area contributed by atoms with Gasteiger partial charge in [-0.25, -0.2) is 4.79 Å². The van der Waals surface area contributed by atoms with Crippen molar-refractivity contribution in [1.82, 2.24) is 20.4 Å². The number of carbonyl (C=O) groups is 1. The van der Waals surface area contributed by atoms with Crippen LogP contribution in [0.25, 0.3) is 0 Å². The fourth-order valence-corrected chi connectivity index (χ4v) is 2.33. The first-order valence-corrected chi connectivity index (χ1v) is 7.12. The molecular formula is C14H26N4O2. The van der Waals surface area contributed by atoms with Crippen molar-refractivity contribution in [3.63, 3.8) is 0 Å². The van der Waals surface area contributed by atoms with Gasteiger partial charge >= 0.3 is 6.03 Å². The fraction of sp³-hybridized carbons (Fsp3) is 0.714. The van der Waals surface area contributed by atoms with Gasteiger partial charge in [0.15, 0.2) is 0 Å². The third-order valence-electron chi connectivity index (χ3n) is 3.68. The topological polar surface area (TPSA) is 79.2 Å². The third kappa shape index (κ3) is 3.72. The zero-order chi connectivity index (χ0) is 15.3. The maximum absolute atomic E-state index is 12.0. The van der Waals surface area contributed by atoms with E-state index in [0.29, 0.717) is 6.42 Å². The number of aliphatic hydroxyl groups is 1. The van der Waals surface area contributed by atoms with Gasteiger partial charge in [-0.05, 0) is 26.7 Å². The lowest BCUT2D eigenvalue weighted by Gasteiger charge is -2.21. The van der Waals surface area contributed by atoms with Gasteiger partial charge in [0.1, 0.15) is 0 Å². The quantitative estimate of drug-likeness (QED) is 0.741. The summed E-state index contributed by atoms with van der Waals surface area (Å²) in [6, 6.07) is -0.524. The zero-order valence-electron chi connectivity index (χ0n) is 13.0. The Balaban J connectivity index is 2.79. The fourth-order valence-electron chi connectivity index (χ4n) is 2.33. The summed E-state index contributed by atoms with van der Waals surface area (Å²) < 4.78 is 1.83. The predicted molar refractivity (Wildman–Crippen MR) is 78.5 cm³/mol. The molecule has 0 aromatic carbocycles. The molecule has 20 heavy (non-hydrogen) atoms. The van der Waals surface area contributed by atoms with Gasteiger partial charge in [0.2, 0.25) is 0 Å². The Bertz CT molecular complexity index is 452. The molecule has 6 nitrogen and oxygen atoms in total. The molecular weight excluding hydrogens is 256 g/mol. The van der Waals surface area contributed by atoms with Gasteiger partial charge < -0.3 is 15.7 Å². The van der Waals surface area contributed by atoms with Crippen molar-refractivity contribution < 1.29 is 9.90 Å². The van der Waals surface area contributed by atoms with E-state index in [2.05, 4.69) is 15.7 Å². The molecule has 1 aromatic heterocycles. The standard InChI is InChI=1S/C14H26N4O2/c1-6-11(8-19)15-14(20)16-12(7-2)13-9(3)17-18(5)10(13)4/h11-12,19H,6-8H2,1-5H3,(H2,15,16,20). The Morgan fingerprint density at radius 3 is 2.35 bits per heavy atom. The van der Waals surface area contributed by atoms with Gasteiger partial charge in [-0.1, -0.05) is 13.8 Å². The molecule has 2 atom stereocenters. The number of hydrogen-bond donors (Lipinski definition) is 3. The molecule has 1 heterocycles. The second-order valence-corrected chi connectivity index (χ2v) is 5.07. The minimum Gasteiger partial charge on any atom is -0.394 e. The van der Waals surface area contributed by atoms with Crippen molar-refractivity contribution in [3.05, 3.63) is 17.0 Å². The second kappa shape index (κ2) is 7.28. The molecule has 1 rings (SSSR count). The number of amides is 2. The molecule has 2 amide bonds. The normalized spacial score (nSPS) is 13.9. The van der Waals surface area contributed by atoms with Gasteiger partial charge in [-0.3, -0.25) is 4.68 Å². The molecule has 0 aliphatic carbocycles. The number of hydrogen-bond acceptors (Lipinski definition) is 3. The molecule has 2 unspecified atom stereocenters. The van der Waals surface area contributed by atoms with Crippen LogP contribution in [-0.4, -0.2) is 33.6 Å². The van der Waals surface area contributed by atoms with E-state index in [1.807, 2.05) is 39.4 Å². The summed E-state index contributed by atoms with van der Waals surface area (Å²) in [5, 5.41) is 19.2. The van der Waals surface area contributed by atoms with Crippen LogP contribution in [0.5, 0.6) is 0 Å². The molecule has 114 valence electrons. The van der Waals surface area contributed by atoms with Gasteiger partial charge in [-0.2, -0.15) is 5.10 Å². The summed E-state index contributed by atoms with van der Waals surface area (Å²) in [5.74, 6) is 0. The van der Waals surface area contributed by atoms with E-state index in [4.69, 9.17) is 5.11 Å². The minimum absolute atomic E-state index is 0.0499. The Hall–Kier alpha value is -1.56. The van der Waals surface area contributed by atoms with E-state index in [1.165, 1.54) is 0 Å². The van der Waals surface area contributed by atoms with Crippen molar-refractivity contribution in [2.24, 2.45) is 7.05 Å². The molecule has 6 heteroatoms. The Kier molecular flexibility index (Phi) is 6.01.